The molecule has 1 aliphatic heterocycles. The van der Waals surface area contributed by atoms with E-state index in [0.717, 1.165) is 42.0 Å². The Hall–Kier alpha value is -3.80. The second-order valence-corrected chi connectivity index (χ2v) is 8.97. The zero-order valence-corrected chi connectivity index (χ0v) is 20.4. The van der Waals surface area contributed by atoms with Crippen LogP contribution in [0.4, 0.5) is 10.5 Å². The topological polar surface area (TPSA) is 70.7 Å². The molecule has 0 aromatic heterocycles. The lowest BCUT2D eigenvalue weighted by molar-refractivity contribution is 0.0950. The van der Waals surface area contributed by atoms with Gasteiger partial charge in [-0.05, 0) is 74.2 Å². The van der Waals surface area contributed by atoms with Gasteiger partial charge >= 0.3 is 6.03 Å². The normalized spacial score (nSPS) is 15.4. The van der Waals surface area contributed by atoms with Crippen molar-refractivity contribution in [1.29, 1.82) is 0 Å². The van der Waals surface area contributed by atoms with Crippen molar-refractivity contribution >= 4 is 17.6 Å². The predicted octanol–water partition coefficient (Wildman–Crippen LogP) is 5.74. The zero-order chi connectivity index (χ0) is 24.6. The Morgan fingerprint density at radius 3 is 2.54 bits per heavy atom. The number of anilines is 1. The maximum absolute atomic E-state index is 12.9. The molecule has 1 aliphatic rings. The van der Waals surface area contributed by atoms with Crippen LogP contribution in [0.1, 0.15) is 52.7 Å². The van der Waals surface area contributed by atoms with Gasteiger partial charge < -0.3 is 20.3 Å². The van der Waals surface area contributed by atoms with E-state index in [2.05, 4.69) is 16.7 Å². The van der Waals surface area contributed by atoms with E-state index in [4.69, 9.17) is 4.74 Å². The summed E-state index contributed by atoms with van der Waals surface area (Å²) in [6, 6.07) is 23.2. The van der Waals surface area contributed by atoms with Crippen LogP contribution in [0.5, 0.6) is 5.75 Å². The highest BCUT2D eigenvalue weighted by atomic mass is 16.5. The van der Waals surface area contributed by atoms with Crippen molar-refractivity contribution in [2.75, 3.05) is 25.0 Å². The second-order valence-electron chi connectivity index (χ2n) is 8.97. The third-order valence-electron chi connectivity index (χ3n) is 6.32. The highest BCUT2D eigenvalue weighted by Gasteiger charge is 2.25. The lowest BCUT2D eigenvalue weighted by Gasteiger charge is -2.33. The van der Waals surface area contributed by atoms with E-state index in [9.17, 15) is 9.59 Å². The predicted molar refractivity (Wildman–Crippen MR) is 139 cm³/mol. The molecule has 1 atom stereocenters. The molecule has 0 spiro atoms. The van der Waals surface area contributed by atoms with E-state index in [-0.39, 0.29) is 17.9 Å². The first-order chi connectivity index (χ1) is 17.0. The number of carbonyl (C=O) groups is 2. The fourth-order valence-electron chi connectivity index (χ4n) is 4.36. The molecule has 0 radical (unpaired) electrons. The molecule has 182 valence electrons. The number of nitrogens with zero attached hydrogens (tertiary/aromatic N) is 1. The van der Waals surface area contributed by atoms with Crippen LogP contribution in [0.25, 0.3) is 0 Å². The minimum Gasteiger partial charge on any atom is -0.494 e. The standard InChI is InChI=1S/C29H33N3O3/c1-3-35-27-15-13-26(14-16-27)31-29(34)32-17-5-8-25(20-32)23-6-4-7-24(18-23)28(33)30-19-22-11-9-21(2)10-12-22/h4,6-7,9-16,18,25H,3,5,8,17,19-20H2,1-2H3,(H,30,33)(H,31,34)/t25-/m0/s1. The molecule has 4 rings (SSSR count). The first-order valence-corrected chi connectivity index (χ1v) is 12.2. The molecule has 6 nitrogen and oxygen atoms in total. The molecule has 1 saturated heterocycles. The molecule has 35 heavy (non-hydrogen) atoms. The van der Waals surface area contributed by atoms with E-state index < -0.39 is 0 Å². The van der Waals surface area contributed by atoms with Crippen molar-refractivity contribution in [3.05, 3.63) is 95.1 Å². The fourth-order valence-corrected chi connectivity index (χ4v) is 4.36. The van der Waals surface area contributed by atoms with Crippen LogP contribution in [0.2, 0.25) is 0 Å². The van der Waals surface area contributed by atoms with Crippen molar-refractivity contribution in [3.63, 3.8) is 0 Å². The summed E-state index contributed by atoms with van der Waals surface area (Å²) in [7, 11) is 0. The number of urea groups is 1. The average molecular weight is 472 g/mol. The molecule has 3 amide bonds. The van der Waals surface area contributed by atoms with Gasteiger partial charge in [-0.1, -0.05) is 42.0 Å². The molecule has 0 aliphatic carbocycles. The number of benzene rings is 3. The molecule has 3 aromatic rings. The van der Waals surface area contributed by atoms with Crippen molar-refractivity contribution in [1.82, 2.24) is 10.2 Å². The molecule has 0 saturated carbocycles. The highest BCUT2D eigenvalue weighted by Crippen LogP contribution is 2.28. The Kier molecular flexibility index (Phi) is 8.03. The number of ether oxygens (including phenoxy) is 1. The Labute approximate surface area is 207 Å². The first-order valence-electron chi connectivity index (χ1n) is 12.2. The van der Waals surface area contributed by atoms with Crippen LogP contribution in [0.15, 0.2) is 72.8 Å². The number of aryl methyl sites for hydroxylation is 1. The summed E-state index contributed by atoms with van der Waals surface area (Å²) >= 11 is 0. The number of amides is 3. The molecule has 3 aromatic carbocycles. The third kappa shape index (κ3) is 6.63. The smallest absolute Gasteiger partial charge is 0.321 e. The quantitative estimate of drug-likeness (QED) is 0.462. The third-order valence-corrected chi connectivity index (χ3v) is 6.32. The van der Waals surface area contributed by atoms with Crippen molar-refractivity contribution in [2.24, 2.45) is 0 Å². The second kappa shape index (κ2) is 11.6. The van der Waals surface area contributed by atoms with E-state index in [0.29, 0.717) is 25.3 Å². The van der Waals surface area contributed by atoms with Gasteiger partial charge in [-0.2, -0.15) is 0 Å². The SMILES string of the molecule is CCOc1ccc(NC(=O)N2CCC[C@H](c3cccc(C(=O)NCc4ccc(C)cc4)c3)C2)cc1. The van der Waals surface area contributed by atoms with Gasteiger partial charge in [-0.25, -0.2) is 4.79 Å². The molecule has 6 heteroatoms. The van der Waals surface area contributed by atoms with E-state index in [1.807, 2.05) is 85.5 Å². The van der Waals surface area contributed by atoms with Gasteiger partial charge in [-0.15, -0.1) is 0 Å². The van der Waals surface area contributed by atoms with E-state index in [1.165, 1.54) is 5.56 Å². The number of hydrogen-bond acceptors (Lipinski definition) is 3. The van der Waals surface area contributed by atoms with Gasteiger partial charge in [0.15, 0.2) is 0 Å². The summed E-state index contributed by atoms with van der Waals surface area (Å²) in [5, 5.41) is 5.99. The Balaban J connectivity index is 1.35. The van der Waals surface area contributed by atoms with Crippen LogP contribution in [-0.2, 0) is 6.54 Å². The monoisotopic (exact) mass is 471 g/mol. The van der Waals surface area contributed by atoms with Gasteiger partial charge in [0.05, 0.1) is 6.61 Å². The molecule has 2 N–H and O–H groups in total. The maximum Gasteiger partial charge on any atom is 0.321 e. The molecular formula is C29H33N3O3. The Morgan fingerprint density at radius 2 is 1.80 bits per heavy atom. The average Bonchev–Trinajstić information content (AvgIpc) is 2.89. The van der Waals surface area contributed by atoms with Gasteiger partial charge in [0, 0.05) is 36.8 Å². The molecule has 1 heterocycles. The summed E-state index contributed by atoms with van der Waals surface area (Å²) in [6.07, 6.45) is 1.91. The van der Waals surface area contributed by atoms with Crippen LogP contribution in [0.3, 0.4) is 0 Å². The number of likely N-dealkylation sites (tertiary alicyclic amines) is 1. The van der Waals surface area contributed by atoms with Crippen LogP contribution < -0.4 is 15.4 Å². The van der Waals surface area contributed by atoms with Gasteiger partial charge in [0.1, 0.15) is 5.75 Å². The highest BCUT2D eigenvalue weighted by molar-refractivity contribution is 5.94. The summed E-state index contributed by atoms with van der Waals surface area (Å²) in [4.78, 5) is 27.5. The zero-order valence-electron chi connectivity index (χ0n) is 20.4. The van der Waals surface area contributed by atoms with E-state index in [1.54, 1.807) is 0 Å². The van der Waals surface area contributed by atoms with E-state index >= 15 is 0 Å². The lowest BCUT2D eigenvalue weighted by atomic mass is 9.89. The molecular weight excluding hydrogens is 438 g/mol. The Morgan fingerprint density at radius 1 is 1.03 bits per heavy atom. The largest absolute Gasteiger partial charge is 0.494 e. The summed E-state index contributed by atoms with van der Waals surface area (Å²) in [6.45, 7) is 6.43. The minimum atomic E-state index is -0.106. The van der Waals surface area contributed by atoms with Crippen molar-refractivity contribution < 1.29 is 14.3 Å². The first kappa shape index (κ1) is 24.3. The lowest BCUT2D eigenvalue weighted by Crippen LogP contribution is -2.41. The van der Waals surface area contributed by atoms with Crippen LogP contribution >= 0.6 is 0 Å². The fraction of sp³-hybridized carbons (Fsp3) is 0.310. The number of carbonyl (C=O) groups excluding carboxylic acids is 2. The van der Waals surface area contributed by atoms with Crippen LogP contribution in [0, 0.1) is 6.92 Å². The van der Waals surface area contributed by atoms with Gasteiger partial charge in [0.25, 0.3) is 5.91 Å². The molecule has 1 fully saturated rings. The molecule has 0 bridgehead atoms. The minimum absolute atomic E-state index is 0.0895. The van der Waals surface area contributed by atoms with Crippen molar-refractivity contribution in [2.45, 2.75) is 39.2 Å². The number of piperidine rings is 1. The number of nitrogens with one attached hydrogen (secondary N) is 2. The van der Waals surface area contributed by atoms with Gasteiger partial charge in [0.2, 0.25) is 0 Å². The number of hydrogen-bond donors (Lipinski definition) is 2. The molecule has 0 unspecified atom stereocenters. The summed E-state index contributed by atoms with van der Waals surface area (Å²) in [5.41, 5.74) is 4.74. The van der Waals surface area contributed by atoms with Crippen molar-refractivity contribution in [3.8, 4) is 5.75 Å². The summed E-state index contributed by atoms with van der Waals surface area (Å²) < 4.78 is 5.46. The Bertz CT molecular complexity index is 1140. The maximum atomic E-state index is 12.9. The summed E-state index contributed by atoms with van der Waals surface area (Å²) in [5.74, 6) is 0.888. The van der Waals surface area contributed by atoms with Gasteiger partial charge in [-0.3, -0.25) is 4.79 Å². The number of rotatable bonds is 7. The van der Waals surface area contributed by atoms with Crippen LogP contribution in [-0.4, -0.2) is 36.5 Å².